The van der Waals surface area contributed by atoms with E-state index in [9.17, 15) is 0 Å². The highest BCUT2D eigenvalue weighted by atomic mass is 14.7. The highest BCUT2D eigenvalue weighted by molar-refractivity contribution is 5.87. The number of fused-ring (bicyclic) bond motifs is 3. The zero-order chi connectivity index (χ0) is 24.1. The van der Waals surface area contributed by atoms with Crippen LogP contribution in [0.1, 0.15) is 83.1 Å². The second-order valence-electron chi connectivity index (χ2n) is 11.9. The summed E-state index contributed by atoms with van der Waals surface area (Å²) in [4.78, 5) is 0. The standard InChI is InChI=1S/C32H42/c1-17(2)26-20(5)16-30(11)25(10)31(12)22(7)28-19(4)15-14-18(3)27(28)21(6)29(31)24(9)32(30,13)23(26)8/h14-15,22,25-26H,1,5-6,8,16H2,2-4,7,9-13H3/t22-,25+,26?,30+,31-,32-/m1/s1. The van der Waals surface area contributed by atoms with Crippen molar-refractivity contribution in [1.82, 2.24) is 0 Å². The van der Waals surface area contributed by atoms with E-state index in [1.165, 1.54) is 50.1 Å². The molecule has 170 valence electrons. The maximum Gasteiger partial charge on any atom is 0.0215 e. The van der Waals surface area contributed by atoms with Crippen molar-refractivity contribution in [2.24, 2.45) is 28.1 Å². The zero-order valence-electron chi connectivity index (χ0n) is 21.9. The number of allylic oxidation sites excluding steroid dienone is 6. The molecule has 1 fully saturated rings. The number of aryl methyl sites for hydroxylation is 2. The van der Waals surface area contributed by atoms with Crippen LogP contribution >= 0.6 is 0 Å². The second kappa shape index (κ2) is 6.72. The summed E-state index contributed by atoms with van der Waals surface area (Å²) in [6.07, 6.45) is 1.01. The lowest BCUT2D eigenvalue weighted by atomic mass is 9.35. The summed E-state index contributed by atoms with van der Waals surface area (Å²) in [6.45, 7) is 39.9. The third-order valence-electron chi connectivity index (χ3n) is 10.8. The Morgan fingerprint density at radius 2 is 1.53 bits per heavy atom. The van der Waals surface area contributed by atoms with Gasteiger partial charge < -0.3 is 0 Å². The average molecular weight is 427 g/mol. The van der Waals surface area contributed by atoms with Gasteiger partial charge in [-0.05, 0) is 84.8 Å². The fourth-order valence-electron chi connectivity index (χ4n) is 8.44. The van der Waals surface area contributed by atoms with E-state index in [2.05, 4.69) is 87.6 Å². The SMILES string of the molecule is C=C1C2=C(C)[C@@]3(C)C(=C)C(C(=C)C)C(=C)C[C@@]3(C)[C@H](C)[C@@]2(C)[C@H](C)c2c(C)ccc(C)c21. The minimum Gasteiger partial charge on any atom is -0.0992 e. The van der Waals surface area contributed by atoms with Gasteiger partial charge in [0, 0.05) is 16.7 Å². The Morgan fingerprint density at radius 1 is 0.969 bits per heavy atom. The van der Waals surface area contributed by atoms with Gasteiger partial charge in [-0.2, -0.15) is 0 Å². The molecule has 0 heterocycles. The molecule has 0 aliphatic heterocycles. The molecule has 0 amide bonds. The minimum atomic E-state index is -0.121. The van der Waals surface area contributed by atoms with Crippen molar-refractivity contribution in [3.05, 3.63) is 88.6 Å². The summed E-state index contributed by atoms with van der Waals surface area (Å²) in [5.74, 6) is 1.05. The molecule has 0 bridgehead atoms. The largest absolute Gasteiger partial charge is 0.0992 e. The molecule has 3 aliphatic carbocycles. The van der Waals surface area contributed by atoms with Crippen LogP contribution in [0.15, 0.2) is 66.3 Å². The molecule has 32 heavy (non-hydrogen) atoms. The van der Waals surface area contributed by atoms with Crippen LogP contribution in [0.4, 0.5) is 0 Å². The Hall–Kier alpha value is -2.08. The third-order valence-corrected chi connectivity index (χ3v) is 10.8. The molecule has 1 aromatic rings. The normalized spacial score (nSPS) is 38.9. The monoisotopic (exact) mass is 426 g/mol. The van der Waals surface area contributed by atoms with Gasteiger partial charge in [-0.25, -0.2) is 0 Å². The van der Waals surface area contributed by atoms with Crippen LogP contribution in [-0.2, 0) is 0 Å². The van der Waals surface area contributed by atoms with Crippen LogP contribution in [0.25, 0.3) is 5.57 Å². The maximum absolute atomic E-state index is 4.77. The van der Waals surface area contributed by atoms with E-state index in [1.807, 2.05) is 0 Å². The molecule has 0 saturated heterocycles. The summed E-state index contributed by atoms with van der Waals surface area (Å²) < 4.78 is 0. The molecule has 1 saturated carbocycles. The number of benzene rings is 1. The Bertz CT molecular complexity index is 1140. The lowest BCUT2D eigenvalue weighted by Gasteiger charge is -2.68. The van der Waals surface area contributed by atoms with Gasteiger partial charge in [0.15, 0.2) is 0 Å². The third kappa shape index (κ3) is 2.34. The Balaban J connectivity index is 2.12. The van der Waals surface area contributed by atoms with Crippen molar-refractivity contribution in [3.8, 4) is 0 Å². The molecule has 1 unspecified atom stereocenters. The minimum absolute atomic E-state index is 0.0115. The highest BCUT2D eigenvalue weighted by Crippen LogP contribution is 2.75. The fraction of sp³-hybridized carbons (Fsp3) is 0.500. The van der Waals surface area contributed by atoms with Crippen LogP contribution in [0.5, 0.6) is 0 Å². The Labute approximate surface area is 196 Å². The van der Waals surface area contributed by atoms with E-state index in [1.54, 1.807) is 0 Å². The van der Waals surface area contributed by atoms with Crippen molar-refractivity contribution >= 4 is 5.57 Å². The van der Waals surface area contributed by atoms with Gasteiger partial charge in [0.1, 0.15) is 0 Å². The second-order valence-corrected chi connectivity index (χ2v) is 11.9. The molecule has 0 nitrogen and oxygen atoms in total. The van der Waals surface area contributed by atoms with Crippen molar-refractivity contribution in [2.75, 3.05) is 0 Å². The van der Waals surface area contributed by atoms with E-state index < -0.39 is 0 Å². The molecular formula is C32H42. The lowest BCUT2D eigenvalue weighted by Crippen LogP contribution is -2.59. The van der Waals surface area contributed by atoms with Crippen LogP contribution in [0.2, 0.25) is 0 Å². The average Bonchev–Trinajstić information content (AvgIpc) is 2.70. The molecule has 0 heteroatoms. The fourth-order valence-corrected chi connectivity index (χ4v) is 8.44. The smallest absolute Gasteiger partial charge is 0.0215 e. The van der Waals surface area contributed by atoms with Gasteiger partial charge in [0.2, 0.25) is 0 Å². The topological polar surface area (TPSA) is 0 Å². The molecule has 4 rings (SSSR count). The molecule has 0 radical (unpaired) electrons. The molecule has 0 spiro atoms. The number of hydrogen-bond donors (Lipinski definition) is 0. The van der Waals surface area contributed by atoms with E-state index in [-0.39, 0.29) is 22.2 Å². The van der Waals surface area contributed by atoms with Crippen molar-refractivity contribution in [1.29, 1.82) is 0 Å². The molecule has 6 atom stereocenters. The summed E-state index contributed by atoms with van der Waals surface area (Å²) in [6, 6.07) is 4.56. The van der Waals surface area contributed by atoms with Crippen molar-refractivity contribution < 1.29 is 0 Å². The van der Waals surface area contributed by atoms with Gasteiger partial charge in [-0.3, -0.25) is 0 Å². The first kappa shape index (κ1) is 23.1. The van der Waals surface area contributed by atoms with Crippen molar-refractivity contribution in [2.45, 2.75) is 74.7 Å². The summed E-state index contributed by atoms with van der Waals surface area (Å²) in [5, 5.41) is 0. The molecule has 0 aromatic heterocycles. The van der Waals surface area contributed by atoms with Gasteiger partial charge in [-0.15, -0.1) is 0 Å². The van der Waals surface area contributed by atoms with Crippen LogP contribution in [-0.4, -0.2) is 0 Å². The molecule has 3 aliphatic rings. The predicted molar refractivity (Wildman–Crippen MR) is 141 cm³/mol. The zero-order valence-corrected chi connectivity index (χ0v) is 21.9. The first-order valence-corrected chi connectivity index (χ1v) is 12.2. The highest BCUT2D eigenvalue weighted by Gasteiger charge is 2.65. The Kier molecular flexibility index (Phi) is 4.85. The first-order chi connectivity index (χ1) is 14.7. The van der Waals surface area contributed by atoms with E-state index >= 15 is 0 Å². The van der Waals surface area contributed by atoms with Gasteiger partial charge in [-0.1, -0.05) is 95.4 Å². The van der Waals surface area contributed by atoms with E-state index in [0.29, 0.717) is 11.8 Å². The summed E-state index contributed by atoms with van der Waals surface area (Å²) in [5.41, 5.74) is 13.4. The first-order valence-electron chi connectivity index (χ1n) is 12.2. The summed E-state index contributed by atoms with van der Waals surface area (Å²) in [7, 11) is 0. The predicted octanol–water partition coefficient (Wildman–Crippen LogP) is 9.13. The van der Waals surface area contributed by atoms with Gasteiger partial charge in [0.05, 0.1) is 0 Å². The van der Waals surface area contributed by atoms with Crippen LogP contribution in [0, 0.1) is 41.9 Å². The summed E-state index contributed by atoms with van der Waals surface area (Å²) >= 11 is 0. The van der Waals surface area contributed by atoms with Gasteiger partial charge >= 0.3 is 0 Å². The quantitative estimate of drug-likeness (QED) is 0.393. The molecule has 0 N–H and O–H groups in total. The molecule has 1 aromatic carbocycles. The maximum atomic E-state index is 4.77. The Morgan fingerprint density at radius 3 is 2.09 bits per heavy atom. The number of hydrogen-bond acceptors (Lipinski definition) is 0. The van der Waals surface area contributed by atoms with Crippen LogP contribution < -0.4 is 0 Å². The lowest BCUT2D eigenvalue weighted by molar-refractivity contribution is -0.0361. The number of rotatable bonds is 1. The van der Waals surface area contributed by atoms with Gasteiger partial charge in [0.25, 0.3) is 0 Å². The van der Waals surface area contributed by atoms with E-state index in [4.69, 9.17) is 13.2 Å². The molecular weight excluding hydrogens is 384 g/mol. The van der Waals surface area contributed by atoms with Crippen molar-refractivity contribution in [3.63, 3.8) is 0 Å². The van der Waals surface area contributed by atoms with Crippen LogP contribution in [0.3, 0.4) is 0 Å². The van der Waals surface area contributed by atoms with E-state index in [0.717, 1.165) is 12.0 Å².